The quantitative estimate of drug-likeness (QED) is 0.715. The minimum atomic E-state index is 0.654. The summed E-state index contributed by atoms with van der Waals surface area (Å²) in [6.45, 7) is 2.04. The average molecular weight is 237 g/mol. The van der Waals surface area contributed by atoms with E-state index in [0.29, 0.717) is 10.6 Å². The molecule has 0 amide bonds. The van der Waals surface area contributed by atoms with Gasteiger partial charge in [-0.05, 0) is 47.7 Å². The second kappa shape index (κ2) is 4.17. The zero-order valence-electron chi connectivity index (χ0n) is 8.16. The Morgan fingerprint density at radius 3 is 2.67 bits per heavy atom. The molecular weight excluding hydrogens is 228 g/mol. The molecule has 3 heteroatoms. The average Bonchev–Trinajstić information content (AvgIpc) is 2.64. The number of rotatable bonds is 2. The molecule has 0 saturated heterocycles. The maximum atomic E-state index is 10.9. The molecule has 1 heterocycles. The van der Waals surface area contributed by atoms with Crippen LogP contribution in [0.25, 0.3) is 11.1 Å². The van der Waals surface area contributed by atoms with Crippen LogP contribution in [-0.2, 0) is 0 Å². The van der Waals surface area contributed by atoms with E-state index < -0.39 is 0 Å². The Bertz CT molecular complexity index is 502. The van der Waals surface area contributed by atoms with Crippen molar-refractivity contribution < 1.29 is 4.79 Å². The molecule has 0 radical (unpaired) electrons. The van der Waals surface area contributed by atoms with E-state index in [1.54, 1.807) is 23.5 Å². The highest BCUT2D eigenvalue weighted by atomic mass is 35.5. The third-order valence-electron chi connectivity index (χ3n) is 2.29. The lowest BCUT2D eigenvalue weighted by Gasteiger charge is -2.04. The summed E-state index contributed by atoms with van der Waals surface area (Å²) < 4.78 is 0. The molecule has 2 rings (SSSR count). The highest BCUT2D eigenvalue weighted by Crippen LogP contribution is 2.31. The van der Waals surface area contributed by atoms with Crippen molar-refractivity contribution in [1.29, 1.82) is 0 Å². The molecule has 0 spiro atoms. The Kier molecular flexibility index (Phi) is 2.89. The Hall–Kier alpha value is -1.12. The first-order valence-electron chi connectivity index (χ1n) is 4.51. The number of halogens is 1. The van der Waals surface area contributed by atoms with Gasteiger partial charge >= 0.3 is 0 Å². The molecule has 2 aromatic rings. The van der Waals surface area contributed by atoms with Crippen LogP contribution in [0.15, 0.2) is 29.6 Å². The van der Waals surface area contributed by atoms with Crippen LogP contribution in [-0.4, -0.2) is 6.29 Å². The lowest BCUT2D eigenvalue weighted by atomic mass is 10.0. The van der Waals surface area contributed by atoms with E-state index in [0.717, 1.165) is 17.4 Å². The molecular formula is C12H9ClOS. The van der Waals surface area contributed by atoms with Crippen LogP contribution in [0.3, 0.4) is 0 Å². The number of hydrogen-bond donors (Lipinski definition) is 0. The van der Waals surface area contributed by atoms with Crippen molar-refractivity contribution in [2.45, 2.75) is 6.92 Å². The van der Waals surface area contributed by atoms with Crippen molar-refractivity contribution >= 4 is 29.2 Å². The molecule has 1 nitrogen and oxygen atoms in total. The van der Waals surface area contributed by atoms with Crippen LogP contribution in [0, 0.1) is 6.92 Å². The minimum Gasteiger partial charge on any atom is -0.298 e. The van der Waals surface area contributed by atoms with E-state index in [4.69, 9.17) is 11.6 Å². The highest BCUT2D eigenvalue weighted by Gasteiger charge is 2.08. The van der Waals surface area contributed by atoms with E-state index >= 15 is 0 Å². The molecule has 0 N–H and O–H groups in total. The predicted octanol–water partition coefficient (Wildman–Crippen LogP) is 4.19. The molecule has 15 heavy (non-hydrogen) atoms. The van der Waals surface area contributed by atoms with Crippen molar-refractivity contribution in [2.24, 2.45) is 0 Å². The van der Waals surface area contributed by atoms with E-state index in [1.807, 2.05) is 24.4 Å². The van der Waals surface area contributed by atoms with Crippen LogP contribution >= 0.6 is 22.9 Å². The smallest absolute Gasteiger partial charge is 0.150 e. The van der Waals surface area contributed by atoms with Gasteiger partial charge in [-0.2, -0.15) is 0 Å². The second-order valence-corrected chi connectivity index (χ2v) is 4.80. The highest BCUT2D eigenvalue weighted by molar-refractivity contribution is 7.10. The van der Waals surface area contributed by atoms with Crippen LogP contribution < -0.4 is 0 Å². The van der Waals surface area contributed by atoms with Crippen molar-refractivity contribution in [1.82, 2.24) is 0 Å². The Morgan fingerprint density at radius 2 is 2.07 bits per heavy atom. The molecule has 0 saturated carbocycles. The SMILES string of the molecule is Cc1sccc1-c1cc(Cl)ccc1C=O. The van der Waals surface area contributed by atoms with E-state index in [1.165, 1.54) is 4.88 Å². The van der Waals surface area contributed by atoms with Gasteiger partial charge in [-0.1, -0.05) is 11.6 Å². The summed E-state index contributed by atoms with van der Waals surface area (Å²) in [6, 6.07) is 7.33. The third kappa shape index (κ3) is 1.96. The van der Waals surface area contributed by atoms with Gasteiger partial charge in [0.05, 0.1) is 0 Å². The molecule has 0 fully saturated rings. The van der Waals surface area contributed by atoms with Crippen molar-refractivity contribution in [3.8, 4) is 11.1 Å². The summed E-state index contributed by atoms with van der Waals surface area (Å²) in [5.74, 6) is 0. The lowest BCUT2D eigenvalue weighted by molar-refractivity contribution is 0.112. The predicted molar refractivity (Wildman–Crippen MR) is 64.9 cm³/mol. The first-order chi connectivity index (χ1) is 7.22. The van der Waals surface area contributed by atoms with E-state index in [2.05, 4.69) is 0 Å². The monoisotopic (exact) mass is 236 g/mol. The molecule has 0 aliphatic rings. The maximum Gasteiger partial charge on any atom is 0.150 e. The van der Waals surface area contributed by atoms with Crippen LogP contribution in [0.1, 0.15) is 15.2 Å². The van der Waals surface area contributed by atoms with Gasteiger partial charge in [0.25, 0.3) is 0 Å². The van der Waals surface area contributed by atoms with Gasteiger partial charge in [0.15, 0.2) is 6.29 Å². The number of aryl methyl sites for hydroxylation is 1. The summed E-state index contributed by atoms with van der Waals surface area (Å²) in [5.41, 5.74) is 2.68. The minimum absolute atomic E-state index is 0.654. The van der Waals surface area contributed by atoms with E-state index in [9.17, 15) is 4.79 Å². The number of aldehydes is 1. The van der Waals surface area contributed by atoms with Crippen LogP contribution in [0.2, 0.25) is 5.02 Å². The zero-order chi connectivity index (χ0) is 10.8. The Morgan fingerprint density at radius 1 is 1.27 bits per heavy atom. The number of thiophene rings is 1. The standard InChI is InChI=1S/C12H9ClOS/c1-8-11(4-5-15-8)12-6-10(13)3-2-9(12)7-14/h2-7H,1H3. The van der Waals surface area contributed by atoms with Crippen molar-refractivity contribution in [3.63, 3.8) is 0 Å². The molecule has 0 aliphatic carbocycles. The van der Waals surface area contributed by atoms with E-state index in [-0.39, 0.29) is 0 Å². The maximum absolute atomic E-state index is 10.9. The van der Waals surface area contributed by atoms with Gasteiger partial charge < -0.3 is 0 Å². The van der Waals surface area contributed by atoms with Gasteiger partial charge in [0, 0.05) is 15.5 Å². The fourth-order valence-corrected chi connectivity index (χ4v) is 2.41. The number of hydrogen-bond acceptors (Lipinski definition) is 2. The van der Waals surface area contributed by atoms with Crippen molar-refractivity contribution in [3.05, 3.63) is 45.1 Å². The number of carbonyl (C=O) groups is 1. The lowest BCUT2D eigenvalue weighted by Crippen LogP contribution is -1.87. The molecule has 0 aliphatic heterocycles. The number of carbonyl (C=O) groups excluding carboxylic acids is 1. The topological polar surface area (TPSA) is 17.1 Å². The van der Waals surface area contributed by atoms with Crippen LogP contribution in [0.4, 0.5) is 0 Å². The second-order valence-electron chi connectivity index (χ2n) is 3.24. The Labute approximate surface area is 97.3 Å². The summed E-state index contributed by atoms with van der Waals surface area (Å²) in [5, 5.41) is 2.67. The van der Waals surface area contributed by atoms with Crippen molar-refractivity contribution in [2.75, 3.05) is 0 Å². The van der Waals surface area contributed by atoms with Gasteiger partial charge in [0.1, 0.15) is 0 Å². The fourth-order valence-electron chi connectivity index (χ4n) is 1.53. The first-order valence-corrected chi connectivity index (χ1v) is 5.77. The fraction of sp³-hybridized carbons (Fsp3) is 0.0833. The summed E-state index contributed by atoms with van der Waals surface area (Å²) in [4.78, 5) is 12.1. The largest absolute Gasteiger partial charge is 0.298 e. The molecule has 0 bridgehead atoms. The summed E-state index contributed by atoms with van der Waals surface area (Å²) in [6.07, 6.45) is 0.864. The van der Waals surface area contributed by atoms with Gasteiger partial charge in [-0.25, -0.2) is 0 Å². The third-order valence-corrected chi connectivity index (χ3v) is 3.37. The van der Waals surface area contributed by atoms with Crippen LogP contribution in [0.5, 0.6) is 0 Å². The molecule has 0 unspecified atom stereocenters. The molecule has 1 aromatic heterocycles. The summed E-state index contributed by atoms with van der Waals surface area (Å²) in [7, 11) is 0. The number of benzene rings is 1. The molecule has 76 valence electrons. The first kappa shape index (κ1) is 10.4. The van der Waals surface area contributed by atoms with Gasteiger partial charge in [-0.15, -0.1) is 11.3 Å². The molecule has 1 aromatic carbocycles. The normalized spacial score (nSPS) is 10.3. The molecule has 0 atom stereocenters. The van der Waals surface area contributed by atoms with Gasteiger partial charge in [-0.3, -0.25) is 4.79 Å². The summed E-state index contributed by atoms with van der Waals surface area (Å²) >= 11 is 7.60. The Balaban J connectivity index is 2.65. The van der Waals surface area contributed by atoms with Gasteiger partial charge in [0.2, 0.25) is 0 Å². The zero-order valence-corrected chi connectivity index (χ0v) is 9.73.